The summed E-state index contributed by atoms with van der Waals surface area (Å²) in [6, 6.07) is 7.25. The third-order valence-corrected chi connectivity index (χ3v) is 5.09. The zero-order valence-electron chi connectivity index (χ0n) is 13.0. The number of nitrogens with one attached hydrogen (secondary N) is 1. The van der Waals surface area contributed by atoms with Crippen molar-refractivity contribution in [1.82, 2.24) is 5.32 Å². The number of hydrogen-bond donors (Lipinski definition) is 1. The van der Waals surface area contributed by atoms with Gasteiger partial charge in [-0.2, -0.15) is 0 Å². The second-order valence-corrected chi connectivity index (χ2v) is 6.15. The molecule has 1 atom stereocenters. The number of carbonyl (C=O) groups is 2. The number of carbonyl (C=O) groups excluding carboxylic acids is 2. The van der Waals surface area contributed by atoms with E-state index in [9.17, 15) is 9.59 Å². The van der Waals surface area contributed by atoms with E-state index >= 15 is 0 Å². The molecule has 5 heteroatoms. The van der Waals surface area contributed by atoms with Crippen LogP contribution in [0, 0.1) is 0 Å². The summed E-state index contributed by atoms with van der Waals surface area (Å²) in [5.41, 5.74) is 0.0402. The first-order chi connectivity index (χ1) is 10.0. The van der Waals surface area contributed by atoms with Gasteiger partial charge in [-0.15, -0.1) is 11.8 Å². The molecule has 2 rings (SSSR count). The number of piperazine rings is 1. The molecule has 0 bridgehead atoms. The van der Waals surface area contributed by atoms with Crippen LogP contribution in [0.4, 0.5) is 5.69 Å². The lowest BCUT2D eigenvalue weighted by Gasteiger charge is -2.44. The minimum Gasteiger partial charge on any atom is -0.340 e. The van der Waals surface area contributed by atoms with Crippen molar-refractivity contribution >= 4 is 29.3 Å². The lowest BCUT2D eigenvalue weighted by molar-refractivity contribution is -0.138. The molecule has 1 unspecified atom stereocenters. The molecule has 1 heterocycles. The maximum atomic E-state index is 13.0. The summed E-state index contributed by atoms with van der Waals surface area (Å²) in [6.45, 7) is 5.66. The fourth-order valence-corrected chi connectivity index (χ4v) is 3.38. The minimum atomic E-state index is -0.783. The topological polar surface area (TPSA) is 49.4 Å². The molecule has 1 aromatic carbocycles. The van der Waals surface area contributed by atoms with E-state index in [-0.39, 0.29) is 11.8 Å². The Morgan fingerprint density at radius 1 is 1.24 bits per heavy atom. The summed E-state index contributed by atoms with van der Waals surface area (Å²) >= 11 is 1.58. The van der Waals surface area contributed by atoms with Gasteiger partial charge in [-0.1, -0.05) is 26.0 Å². The number of anilines is 1. The zero-order valence-corrected chi connectivity index (χ0v) is 13.8. The maximum absolute atomic E-state index is 13.0. The van der Waals surface area contributed by atoms with E-state index in [2.05, 4.69) is 5.32 Å². The van der Waals surface area contributed by atoms with Gasteiger partial charge in [0.1, 0.15) is 11.6 Å². The highest BCUT2D eigenvalue weighted by atomic mass is 32.2. The first-order valence-corrected chi connectivity index (χ1v) is 8.52. The van der Waals surface area contributed by atoms with Crippen molar-refractivity contribution in [2.75, 3.05) is 11.2 Å². The van der Waals surface area contributed by atoms with Crippen molar-refractivity contribution < 1.29 is 9.59 Å². The summed E-state index contributed by atoms with van der Waals surface area (Å²) < 4.78 is 0. The largest absolute Gasteiger partial charge is 0.340 e. The molecule has 0 radical (unpaired) electrons. The van der Waals surface area contributed by atoms with E-state index in [0.29, 0.717) is 12.8 Å². The molecule has 1 saturated heterocycles. The maximum Gasteiger partial charge on any atom is 0.253 e. The Balaban J connectivity index is 2.54. The molecule has 0 aliphatic carbocycles. The average molecular weight is 306 g/mol. The third-order valence-electron chi connectivity index (χ3n) is 4.31. The van der Waals surface area contributed by atoms with Gasteiger partial charge in [0.25, 0.3) is 5.91 Å². The van der Waals surface area contributed by atoms with Crippen molar-refractivity contribution in [3.05, 3.63) is 24.3 Å². The van der Waals surface area contributed by atoms with Crippen LogP contribution in [0.25, 0.3) is 0 Å². The average Bonchev–Trinajstić information content (AvgIpc) is 2.52. The summed E-state index contributed by atoms with van der Waals surface area (Å²) in [6.07, 6.45) is 3.17. The van der Waals surface area contributed by atoms with Crippen LogP contribution in [-0.2, 0) is 9.59 Å². The predicted octanol–water partition coefficient (Wildman–Crippen LogP) is 2.82. The molecule has 1 aliphatic heterocycles. The number of amides is 2. The van der Waals surface area contributed by atoms with E-state index in [1.807, 2.05) is 44.4 Å². The molecule has 1 aromatic rings. The van der Waals surface area contributed by atoms with Crippen molar-refractivity contribution in [3.63, 3.8) is 0 Å². The Morgan fingerprint density at radius 2 is 1.86 bits per heavy atom. The fourth-order valence-electron chi connectivity index (χ4n) is 2.79. The van der Waals surface area contributed by atoms with Crippen LogP contribution in [0.15, 0.2) is 29.2 Å². The Kier molecular flexibility index (Phi) is 4.61. The third kappa shape index (κ3) is 2.55. The summed E-state index contributed by atoms with van der Waals surface area (Å²) in [7, 11) is 0. The fraction of sp³-hybridized carbons (Fsp3) is 0.500. The van der Waals surface area contributed by atoms with Crippen molar-refractivity contribution in [1.29, 1.82) is 0 Å². The summed E-state index contributed by atoms with van der Waals surface area (Å²) in [5, 5.41) is 2.93. The monoisotopic (exact) mass is 306 g/mol. The highest BCUT2D eigenvalue weighted by Gasteiger charge is 2.48. The van der Waals surface area contributed by atoms with Crippen molar-refractivity contribution in [3.8, 4) is 0 Å². The predicted molar refractivity (Wildman–Crippen MR) is 86.6 cm³/mol. The summed E-state index contributed by atoms with van der Waals surface area (Å²) in [4.78, 5) is 28.1. The first kappa shape index (κ1) is 15.9. The second kappa shape index (κ2) is 6.10. The molecule has 1 N–H and O–H groups in total. The first-order valence-electron chi connectivity index (χ1n) is 7.29. The van der Waals surface area contributed by atoms with Crippen LogP contribution in [0.2, 0.25) is 0 Å². The Hall–Kier alpha value is -1.49. The van der Waals surface area contributed by atoms with E-state index in [1.54, 1.807) is 23.6 Å². The Bertz CT molecular complexity index is 555. The number of hydrogen-bond acceptors (Lipinski definition) is 3. The van der Waals surface area contributed by atoms with Gasteiger partial charge >= 0.3 is 0 Å². The van der Waals surface area contributed by atoms with Crippen molar-refractivity contribution in [2.45, 2.75) is 50.1 Å². The van der Waals surface area contributed by atoms with Gasteiger partial charge in [-0.3, -0.25) is 14.5 Å². The van der Waals surface area contributed by atoms with Crippen molar-refractivity contribution in [2.24, 2.45) is 0 Å². The smallest absolute Gasteiger partial charge is 0.253 e. The van der Waals surface area contributed by atoms with Gasteiger partial charge in [0.15, 0.2) is 0 Å². The molecule has 0 aromatic heterocycles. The number of rotatable bonds is 4. The van der Waals surface area contributed by atoms with Crippen LogP contribution >= 0.6 is 11.8 Å². The molecule has 4 nitrogen and oxygen atoms in total. The van der Waals surface area contributed by atoms with Gasteiger partial charge < -0.3 is 5.32 Å². The van der Waals surface area contributed by atoms with Gasteiger partial charge in [-0.05, 0) is 38.2 Å². The molecular weight excluding hydrogens is 284 g/mol. The van der Waals surface area contributed by atoms with Crippen LogP contribution in [0.5, 0.6) is 0 Å². The normalized spacial score (nSPS) is 21.3. The molecule has 21 heavy (non-hydrogen) atoms. The van der Waals surface area contributed by atoms with Crippen LogP contribution in [0.3, 0.4) is 0 Å². The van der Waals surface area contributed by atoms with E-state index in [0.717, 1.165) is 10.6 Å². The number of benzene rings is 1. The van der Waals surface area contributed by atoms with E-state index in [1.165, 1.54) is 0 Å². The Labute approximate surface area is 130 Å². The molecule has 0 saturated carbocycles. The van der Waals surface area contributed by atoms with E-state index in [4.69, 9.17) is 0 Å². The van der Waals surface area contributed by atoms with Gasteiger partial charge in [-0.25, -0.2) is 0 Å². The number of nitrogens with zero attached hydrogens (tertiary/aromatic N) is 1. The molecule has 1 fully saturated rings. The number of para-hydroxylation sites is 1. The van der Waals surface area contributed by atoms with Gasteiger partial charge in [0.05, 0.1) is 5.69 Å². The lowest BCUT2D eigenvalue weighted by Crippen LogP contribution is -2.69. The molecule has 0 spiro atoms. The van der Waals surface area contributed by atoms with Gasteiger partial charge in [0.2, 0.25) is 5.91 Å². The lowest BCUT2D eigenvalue weighted by atomic mass is 9.87. The van der Waals surface area contributed by atoms with Crippen LogP contribution in [0.1, 0.15) is 33.6 Å². The van der Waals surface area contributed by atoms with Gasteiger partial charge in [0, 0.05) is 4.90 Å². The highest BCUT2D eigenvalue weighted by molar-refractivity contribution is 7.98. The number of thioether (sulfide) groups is 1. The SMILES string of the molecule is CCC1(CC)NC(=O)C(C)N(c2ccccc2SC)C1=O. The summed E-state index contributed by atoms with van der Waals surface area (Å²) in [5.74, 6) is -0.102. The zero-order chi connectivity index (χ0) is 15.6. The molecule has 114 valence electrons. The second-order valence-electron chi connectivity index (χ2n) is 5.30. The Morgan fingerprint density at radius 3 is 2.43 bits per heavy atom. The minimum absolute atomic E-state index is 0.0129. The van der Waals surface area contributed by atoms with Crippen LogP contribution in [-0.4, -0.2) is 29.7 Å². The molecular formula is C16H22N2O2S. The highest BCUT2D eigenvalue weighted by Crippen LogP contribution is 2.34. The standard InChI is InChI=1S/C16H22N2O2S/c1-5-16(6-2)15(20)18(11(3)14(19)17-16)12-9-7-8-10-13(12)21-4/h7-11H,5-6H2,1-4H3,(H,17,19). The molecule has 1 aliphatic rings. The molecule has 2 amide bonds. The van der Waals surface area contributed by atoms with E-state index < -0.39 is 11.6 Å². The quantitative estimate of drug-likeness (QED) is 0.870. The van der Waals surface area contributed by atoms with Crippen LogP contribution < -0.4 is 10.2 Å².